The summed E-state index contributed by atoms with van der Waals surface area (Å²) in [5, 5.41) is 8.41. The number of thiazole rings is 1. The maximum atomic E-state index is 12.9. The molecule has 1 aromatic carbocycles. The van der Waals surface area contributed by atoms with E-state index in [0.717, 1.165) is 29.1 Å². The Morgan fingerprint density at radius 2 is 1.77 bits per heavy atom. The molecule has 0 radical (unpaired) electrons. The predicted octanol–water partition coefficient (Wildman–Crippen LogP) is 4.81. The first-order valence-electron chi connectivity index (χ1n) is 8.88. The first-order chi connectivity index (χ1) is 12.0. The third-order valence-electron chi connectivity index (χ3n) is 4.62. The van der Waals surface area contributed by atoms with Gasteiger partial charge in [-0.15, -0.1) is 11.3 Å². The van der Waals surface area contributed by atoms with Crippen LogP contribution < -0.4 is 10.6 Å². The molecule has 0 bridgehead atoms. The van der Waals surface area contributed by atoms with Crippen LogP contribution in [0.2, 0.25) is 5.02 Å². The van der Waals surface area contributed by atoms with Crippen molar-refractivity contribution in [2.45, 2.75) is 64.6 Å². The fraction of sp³-hybridized carbons (Fsp3) is 0.500. The summed E-state index contributed by atoms with van der Waals surface area (Å²) >= 11 is 7.39. The second-order valence-corrected chi connectivity index (χ2v) is 9.85. The maximum absolute atomic E-state index is 12.9. The Kier molecular flexibility index (Phi) is 5.17. The second-order valence-electron chi connectivity index (χ2n) is 8.41. The lowest BCUT2D eigenvalue weighted by Crippen LogP contribution is -2.62. The number of hydrogen-bond donors (Lipinski definition) is 2. The summed E-state index contributed by atoms with van der Waals surface area (Å²) in [6.07, 6.45) is 1.81. The Morgan fingerprint density at radius 3 is 2.35 bits per heavy atom. The Morgan fingerprint density at radius 1 is 1.19 bits per heavy atom. The van der Waals surface area contributed by atoms with Crippen LogP contribution in [0.4, 0.5) is 0 Å². The van der Waals surface area contributed by atoms with Gasteiger partial charge < -0.3 is 10.6 Å². The van der Waals surface area contributed by atoms with E-state index in [9.17, 15) is 4.79 Å². The largest absolute Gasteiger partial charge is 0.348 e. The van der Waals surface area contributed by atoms with Gasteiger partial charge in [-0.2, -0.15) is 0 Å². The molecule has 1 aliphatic heterocycles. The van der Waals surface area contributed by atoms with Crippen molar-refractivity contribution < 1.29 is 4.79 Å². The van der Waals surface area contributed by atoms with Crippen LogP contribution in [0.15, 0.2) is 24.3 Å². The van der Waals surface area contributed by atoms with Crippen molar-refractivity contribution in [1.82, 2.24) is 15.6 Å². The third-order valence-corrected chi connectivity index (χ3v) is 6.08. The summed E-state index contributed by atoms with van der Waals surface area (Å²) in [6.45, 7) is 10.6. The topological polar surface area (TPSA) is 54.0 Å². The minimum absolute atomic E-state index is 0.00307. The molecule has 1 saturated heterocycles. The Hall–Kier alpha value is -1.43. The van der Waals surface area contributed by atoms with Gasteiger partial charge >= 0.3 is 0 Å². The van der Waals surface area contributed by atoms with Crippen molar-refractivity contribution in [3.63, 3.8) is 0 Å². The van der Waals surface area contributed by atoms with Crippen molar-refractivity contribution in [2.24, 2.45) is 0 Å². The number of benzene rings is 1. The summed E-state index contributed by atoms with van der Waals surface area (Å²) in [5.74, 6) is -0.0290. The van der Waals surface area contributed by atoms with Crippen molar-refractivity contribution >= 4 is 28.8 Å². The quantitative estimate of drug-likeness (QED) is 0.789. The van der Waals surface area contributed by atoms with Crippen LogP contribution in [0, 0.1) is 6.92 Å². The number of nitrogens with zero attached hydrogens (tertiary/aromatic N) is 1. The molecule has 1 amide bonds. The second kappa shape index (κ2) is 6.95. The number of hydrogen-bond acceptors (Lipinski definition) is 4. The molecule has 140 valence electrons. The van der Waals surface area contributed by atoms with Gasteiger partial charge in [0.2, 0.25) is 0 Å². The number of nitrogens with one attached hydrogen (secondary N) is 2. The molecular formula is C20H26ClN3OS. The van der Waals surface area contributed by atoms with E-state index in [0.29, 0.717) is 9.90 Å². The van der Waals surface area contributed by atoms with Crippen LogP contribution in [-0.4, -0.2) is 28.0 Å². The first-order valence-corrected chi connectivity index (χ1v) is 10.1. The molecule has 2 aromatic rings. The number of piperidine rings is 1. The fourth-order valence-electron chi connectivity index (χ4n) is 4.00. The van der Waals surface area contributed by atoms with Crippen molar-refractivity contribution in [2.75, 3.05) is 0 Å². The number of aryl methyl sites for hydroxylation is 1. The van der Waals surface area contributed by atoms with Gasteiger partial charge in [-0.05, 0) is 59.6 Å². The maximum Gasteiger partial charge on any atom is 0.263 e. The zero-order valence-electron chi connectivity index (χ0n) is 15.9. The highest BCUT2D eigenvalue weighted by molar-refractivity contribution is 7.17. The minimum atomic E-state index is -0.0290. The molecule has 1 fully saturated rings. The van der Waals surface area contributed by atoms with E-state index in [4.69, 9.17) is 11.6 Å². The molecule has 4 nitrogen and oxygen atoms in total. The highest BCUT2D eigenvalue weighted by Gasteiger charge is 2.38. The lowest BCUT2D eigenvalue weighted by atomic mass is 9.79. The van der Waals surface area contributed by atoms with E-state index in [1.807, 2.05) is 31.2 Å². The zero-order chi connectivity index (χ0) is 19.1. The van der Waals surface area contributed by atoms with Crippen LogP contribution in [0.1, 0.15) is 55.9 Å². The number of halogens is 1. The third kappa shape index (κ3) is 4.45. The van der Waals surface area contributed by atoms with Crippen LogP contribution in [0.3, 0.4) is 0 Å². The molecule has 2 N–H and O–H groups in total. The molecule has 1 aromatic heterocycles. The summed E-state index contributed by atoms with van der Waals surface area (Å²) in [6, 6.07) is 7.69. The average Bonchev–Trinajstić information content (AvgIpc) is 2.86. The molecule has 3 rings (SSSR count). The monoisotopic (exact) mass is 391 g/mol. The molecule has 0 atom stereocenters. The Labute approximate surface area is 164 Å². The molecule has 6 heteroatoms. The molecule has 26 heavy (non-hydrogen) atoms. The predicted molar refractivity (Wildman–Crippen MR) is 109 cm³/mol. The van der Waals surface area contributed by atoms with E-state index >= 15 is 0 Å². The van der Waals surface area contributed by atoms with Gasteiger partial charge in [0.15, 0.2) is 0 Å². The number of carbonyl (C=O) groups excluding carboxylic acids is 1. The lowest BCUT2D eigenvalue weighted by Gasteiger charge is -2.46. The molecule has 0 aliphatic carbocycles. The smallest absolute Gasteiger partial charge is 0.263 e. The average molecular weight is 392 g/mol. The molecule has 2 heterocycles. The lowest BCUT2D eigenvalue weighted by molar-refractivity contribution is 0.0876. The van der Waals surface area contributed by atoms with Gasteiger partial charge in [0.25, 0.3) is 5.91 Å². The van der Waals surface area contributed by atoms with E-state index in [1.54, 1.807) is 0 Å². The van der Waals surface area contributed by atoms with Gasteiger partial charge in [0, 0.05) is 27.7 Å². The van der Waals surface area contributed by atoms with Gasteiger partial charge in [0.1, 0.15) is 9.88 Å². The van der Waals surface area contributed by atoms with E-state index in [-0.39, 0.29) is 23.0 Å². The van der Waals surface area contributed by atoms with E-state index < -0.39 is 0 Å². The van der Waals surface area contributed by atoms with Gasteiger partial charge in [-0.25, -0.2) is 4.98 Å². The van der Waals surface area contributed by atoms with Gasteiger partial charge in [-0.1, -0.05) is 23.7 Å². The normalized spacial score (nSPS) is 19.3. The Balaban J connectivity index is 1.77. The van der Waals surface area contributed by atoms with Crippen LogP contribution in [0.5, 0.6) is 0 Å². The number of rotatable bonds is 3. The SMILES string of the molecule is Cc1nc(-c2ccc(Cl)cc2)sc1C(=O)NC1CC(C)(C)NC(C)(C)C1. The zero-order valence-corrected chi connectivity index (χ0v) is 17.5. The summed E-state index contributed by atoms with van der Waals surface area (Å²) in [4.78, 5) is 18.1. The van der Waals surface area contributed by atoms with Crippen molar-refractivity contribution in [1.29, 1.82) is 0 Å². The number of carbonyl (C=O) groups is 1. The highest BCUT2D eigenvalue weighted by Crippen LogP contribution is 2.31. The van der Waals surface area contributed by atoms with Crippen molar-refractivity contribution in [3.8, 4) is 10.6 Å². The summed E-state index contributed by atoms with van der Waals surface area (Å²) in [5.41, 5.74) is 1.74. The van der Waals surface area contributed by atoms with Gasteiger partial charge in [-0.3, -0.25) is 4.79 Å². The molecule has 0 unspecified atom stereocenters. The van der Waals surface area contributed by atoms with Crippen molar-refractivity contribution in [3.05, 3.63) is 39.9 Å². The number of aromatic nitrogens is 1. The molecule has 1 aliphatic rings. The summed E-state index contributed by atoms with van der Waals surface area (Å²) < 4.78 is 0. The first kappa shape index (κ1) is 19.3. The highest BCUT2D eigenvalue weighted by atomic mass is 35.5. The molecule has 0 spiro atoms. The molecular weight excluding hydrogens is 366 g/mol. The standard InChI is InChI=1S/C20H26ClN3OS/c1-12-16(26-18(22-12)13-6-8-14(21)9-7-13)17(25)23-15-10-19(2,3)24-20(4,5)11-15/h6-9,15,24H,10-11H2,1-5H3,(H,23,25). The van der Waals surface area contributed by atoms with E-state index in [1.165, 1.54) is 11.3 Å². The van der Waals surface area contributed by atoms with Crippen LogP contribution in [0.25, 0.3) is 10.6 Å². The Bertz CT molecular complexity index is 795. The van der Waals surface area contributed by atoms with Gasteiger partial charge in [0.05, 0.1) is 5.69 Å². The summed E-state index contributed by atoms with van der Waals surface area (Å²) in [7, 11) is 0. The van der Waals surface area contributed by atoms with E-state index in [2.05, 4.69) is 43.3 Å². The molecule has 0 saturated carbocycles. The minimum Gasteiger partial charge on any atom is -0.348 e. The van der Waals surface area contributed by atoms with Crippen LogP contribution in [-0.2, 0) is 0 Å². The fourth-order valence-corrected chi connectivity index (χ4v) is 5.10. The number of amides is 1. The van der Waals surface area contributed by atoms with Crippen LogP contribution >= 0.6 is 22.9 Å².